The van der Waals surface area contributed by atoms with E-state index in [1.165, 1.54) is 0 Å². The fourth-order valence-electron chi connectivity index (χ4n) is 3.00. The van der Waals surface area contributed by atoms with E-state index >= 15 is 0 Å². The molecule has 0 saturated carbocycles. The summed E-state index contributed by atoms with van der Waals surface area (Å²) in [5, 5.41) is 9.28. The van der Waals surface area contributed by atoms with Crippen molar-refractivity contribution in [3.8, 4) is 5.69 Å². The highest BCUT2D eigenvalue weighted by atomic mass is 32.2. The lowest BCUT2D eigenvalue weighted by atomic mass is 10.1. The van der Waals surface area contributed by atoms with Crippen molar-refractivity contribution in [1.29, 1.82) is 0 Å². The molecule has 0 aliphatic carbocycles. The van der Waals surface area contributed by atoms with Crippen molar-refractivity contribution < 1.29 is 8.42 Å². The molecule has 2 N–H and O–H groups in total. The van der Waals surface area contributed by atoms with Gasteiger partial charge in [0.2, 0.25) is 0 Å². The van der Waals surface area contributed by atoms with E-state index in [9.17, 15) is 8.42 Å². The number of sulfone groups is 1. The number of aromatic nitrogens is 3. The van der Waals surface area contributed by atoms with Gasteiger partial charge in [-0.05, 0) is 37.3 Å². The van der Waals surface area contributed by atoms with E-state index in [2.05, 4.69) is 10.2 Å². The SMILES string of the molecule is Cc1ccccc1-n1c(CN)nnc1SCC[C@@H]1CCS(=O)(=O)C1. The number of benzene rings is 1. The molecule has 24 heavy (non-hydrogen) atoms. The highest BCUT2D eigenvalue weighted by Gasteiger charge is 2.27. The van der Waals surface area contributed by atoms with E-state index in [0.717, 1.165) is 40.8 Å². The maximum absolute atomic E-state index is 11.5. The molecule has 1 aromatic heterocycles. The van der Waals surface area contributed by atoms with Gasteiger partial charge in [0, 0.05) is 5.75 Å². The summed E-state index contributed by atoms with van der Waals surface area (Å²) in [7, 11) is -2.81. The molecular formula is C16H22N4O2S2. The van der Waals surface area contributed by atoms with Crippen molar-refractivity contribution in [2.45, 2.75) is 31.5 Å². The Morgan fingerprint density at radius 1 is 1.33 bits per heavy atom. The molecule has 1 fully saturated rings. The largest absolute Gasteiger partial charge is 0.324 e. The van der Waals surface area contributed by atoms with Crippen LogP contribution in [0, 0.1) is 12.8 Å². The van der Waals surface area contributed by atoms with Crippen molar-refractivity contribution in [3.63, 3.8) is 0 Å². The normalized spacial score (nSPS) is 19.7. The third-order valence-electron chi connectivity index (χ3n) is 4.32. The molecule has 0 bridgehead atoms. The summed E-state index contributed by atoms with van der Waals surface area (Å²) >= 11 is 1.61. The van der Waals surface area contributed by atoms with Crippen LogP contribution in [-0.2, 0) is 16.4 Å². The van der Waals surface area contributed by atoms with Crippen LogP contribution >= 0.6 is 11.8 Å². The summed E-state index contributed by atoms with van der Waals surface area (Å²) in [4.78, 5) is 0. The van der Waals surface area contributed by atoms with E-state index in [4.69, 9.17) is 5.73 Å². The molecule has 0 amide bonds. The van der Waals surface area contributed by atoms with E-state index in [1.54, 1.807) is 11.8 Å². The Labute approximate surface area is 146 Å². The zero-order chi connectivity index (χ0) is 17.2. The predicted molar refractivity (Wildman–Crippen MR) is 96.1 cm³/mol. The lowest BCUT2D eigenvalue weighted by Crippen LogP contribution is -2.09. The van der Waals surface area contributed by atoms with Gasteiger partial charge in [-0.15, -0.1) is 10.2 Å². The second kappa shape index (κ2) is 7.25. The number of thioether (sulfide) groups is 1. The van der Waals surface area contributed by atoms with Crippen molar-refractivity contribution in [2.24, 2.45) is 11.7 Å². The minimum absolute atomic E-state index is 0.270. The topological polar surface area (TPSA) is 90.9 Å². The number of para-hydroxylation sites is 1. The highest BCUT2D eigenvalue weighted by Crippen LogP contribution is 2.28. The first-order chi connectivity index (χ1) is 11.5. The Bertz CT molecular complexity index is 817. The molecule has 0 radical (unpaired) electrons. The van der Waals surface area contributed by atoms with Crippen LogP contribution in [-0.4, -0.2) is 40.4 Å². The molecule has 1 aliphatic rings. The fourth-order valence-corrected chi connectivity index (χ4v) is 5.97. The Balaban J connectivity index is 1.73. The van der Waals surface area contributed by atoms with Gasteiger partial charge in [0.15, 0.2) is 20.8 Å². The van der Waals surface area contributed by atoms with Crippen LogP contribution in [0.15, 0.2) is 29.4 Å². The van der Waals surface area contributed by atoms with Crippen molar-refractivity contribution in [2.75, 3.05) is 17.3 Å². The maximum atomic E-state index is 11.5. The summed E-state index contributed by atoms with van der Waals surface area (Å²) < 4.78 is 25.1. The zero-order valence-corrected chi connectivity index (χ0v) is 15.3. The molecule has 1 saturated heterocycles. The summed E-state index contributed by atoms with van der Waals surface area (Å²) in [6, 6.07) is 8.07. The van der Waals surface area contributed by atoms with Crippen LogP contribution in [0.1, 0.15) is 24.2 Å². The molecule has 1 aliphatic heterocycles. The fraction of sp³-hybridized carbons (Fsp3) is 0.500. The maximum Gasteiger partial charge on any atom is 0.195 e. The second-order valence-electron chi connectivity index (χ2n) is 6.13. The summed E-state index contributed by atoms with van der Waals surface area (Å²) in [5.74, 6) is 2.49. The molecule has 1 aromatic carbocycles. The Morgan fingerprint density at radius 2 is 2.12 bits per heavy atom. The third kappa shape index (κ3) is 3.81. The number of rotatable bonds is 6. The number of hydrogen-bond donors (Lipinski definition) is 1. The second-order valence-corrected chi connectivity index (χ2v) is 9.42. The lowest BCUT2D eigenvalue weighted by molar-refractivity contribution is 0.574. The lowest BCUT2D eigenvalue weighted by Gasteiger charge is -2.12. The molecule has 130 valence electrons. The van der Waals surface area contributed by atoms with Gasteiger partial charge in [-0.1, -0.05) is 30.0 Å². The van der Waals surface area contributed by atoms with Crippen LogP contribution in [0.5, 0.6) is 0 Å². The number of nitrogens with two attached hydrogens (primary N) is 1. The Hall–Kier alpha value is -1.38. The van der Waals surface area contributed by atoms with E-state index in [-0.39, 0.29) is 5.92 Å². The first-order valence-electron chi connectivity index (χ1n) is 8.04. The highest BCUT2D eigenvalue weighted by molar-refractivity contribution is 7.99. The van der Waals surface area contributed by atoms with Gasteiger partial charge in [-0.2, -0.15) is 0 Å². The van der Waals surface area contributed by atoms with Crippen LogP contribution < -0.4 is 5.73 Å². The first-order valence-corrected chi connectivity index (χ1v) is 10.8. The molecule has 8 heteroatoms. The standard InChI is InChI=1S/C16H22N4O2S2/c1-12-4-2-3-5-14(12)20-15(10-17)18-19-16(20)23-8-6-13-7-9-24(21,22)11-13/h2-5,13H,6-11,17H2,1H3/t13-/m1/s1. The molecule has 6 nitrogen and oxygen atoms in total. The van der Waals surface area contributed by atoms with E-state index in [0.29, 0.717) is 18.1 Å². The molecule has 0 unspecified atom stereocenters. The summed E-state index contributed by atoms with van der Waals surface area (Å²) in [5.41, 5.74) is 7.98. The van der Waals surface area contributed by atoms with Gasteiger partial charge in [0.25, 0.3) is 0 Å². The van der Waals surface area contributed by atoms with Crippen LogP contribution in [0.3, 0.4) is 0 Å². The van der Waals surface area contributed by atoms with Gasteiger partial charge >= 0.3 is 0 Å². The molecule has 0 spiro atoms. The Kier molecular flexibility index (Phi) is 5.27. The van der Waals surface area contributed by atoms with Gasteiger partial charge in [0.05, 0.1) is 23.7 Å². The third-order valence-corrected chi connectivity index (χ3v) is 7.12. The van der Waals surface area contributed by atoms with Crippen molar-refractivity contribution in [3.05, 3.63) is 35.7 Å². The summed E-state index contributed by atoms with van der Waals surface area (Å²) in [6.45, 7) is 2.37. The summed E-state index contributed by atoms with van der Waals surface area (Å²) in [6.07, 6.45) is 1.66. The molecule has 1 atom stereocenters. The molecular weight excluding hydrogens is 344 g/mol. The van der Waals surface area contributed by atoms with Crippen LogP contribution in [0.2, 0.25) is 0 Å². The quantitative estimate of drug-likeness (QED) is 0.786. The molecule has 2 aromatic rings. The smallest absolute Gasteiger partial charge is 0.195 e. The van der Waals surface area contributed by atoms with Crippen molar-refractivity contribution in [1.82, 2.24) is 14.8 Å². The van der Waals surface area contributed by atoms with Crippen LogP contribution in [0.25, 0.3) is 5.69 Å². The average molecular weight is 367 g/mol. The predicted octanol–water partition coefficient (Wildman–Crippen LogP) is 1.95. The van der Waals surface area contributed by atoms with Gasteiger partial charge < -0.3 is 5.73 Å². The Morgan fingerprint density at radius 3 is 2.79 bits per heavy atom. The zero-order valence-electron chi connectivity index (χ0n) is 13.7. The van der Waals surface area contributed by atoms with Gasteiger partial charge in [-0.25, -0.2) is 8.42 Å². The first kappa shape index (κ1) is 17.4. The van der Waals surface area contributed by atoms with Gasteiger partial charge in [-0.3, -0.25) is 4.57 Å². The minimum atomic E-state index is -2.81. The number of hydrogen-bond acceptors (Lipinski definition) is 6. The molecule has 3 rings (SSSR count). The monoisotopic (exact) mass is 366 g/mol. The van der Waals surface area contributed by atoms with E-state index < -0.39 is 9.84 Å². The van der Waals surface area contributed by atoms with Crippen LogP contribution in [0.4, 0.5) is 0 Å². The average Bonchev–Trinajstić information content (AvgIpc) is 3.11. The number of nitrogens with zero attached hydrogens (tertiary/aromatic N) is 3. The molecule has 2 heterocycles. The van der Waals surface area contributed by atoms with E-state index in [1.807, 2.05) is 35.8 Å². The van der Waals surface area contributed by atoms with Gasteiger partial charge in [0.1, 0.15) is 0 Å². The van der Waals surface area contributed by atoms with Crippen molar-refractivity contribution >= 4 is 21.6 Å². The number of aryl methyl sites for hydroxylation is 1. The minimum Gasteiger partial charge on any atom is -0.324 e.